The highest BCUT2D eigenvalue weighted by molar-refractivity contribution is 7.15. The summed E-state index contributed by atoms with van der Waals surface area (Å²) in [6.07, 6.45) is 3.59. The molecule has 0 aliphatic heterocycles. The second-order valence-electron chi connectivity index (χ2n) is 4.26. The molecule has 0 amide bonds. The minimum absolute atomic E-state index is 0.739. The van der Waals surface area contributed by atoms with E-state index >= 15 is 0 Å². The lowest BCUT2D eigenvalue weighted by Crippen LogP contribution is -1.93. The molecule has 0 fully saturated rings. The lowest BCUT2D eigenvalue weighted by molar-refractivity contribution is 0.798. The Hall–Kier alpha value is -2.38. The first kappa shape index (κ1) is 12.4. The summed E-state index contributed by atoms with van der Waals surface area (Å²) in [6, 6.07) is 9.80. The molecule has 21 heavy (non-hydrogen) atoms. The van der Waals surface area contributed by atoms with Crippen LogP contribution in [0.5, 0.6) is 0 Å². The van der Waals surface area contributed by atoms with E-state index in [1.54, 1.807) is 33.6 Å². The zero-order valence-electron chi connectivity index (χ0n) is 10.7. The summed E-state index contributed by atoms with van der Waals surface area (Å²) in [6.45, 7) is 0. The topological polar surface area (TPSA) is 56.5 Å². The lowest BCUT2D eigenvalue weighted by Gasteiger charge is -1.92. The number of hydrogen-bond donors (Lipinski definition) is 0. The molecule has 0 unspecified atom stereocenters. The molecule has 7 heteroatoms. The number of hydrogen-bond acceptors (Lipinski definition) is 6. The molecule has 0 atom stereocenters. The van der Waals surface area contributed by atoms with E-state index in [1.165, 1.54) is 0 Å². The van der Waals surface area contributed by atoms with Gasteiger partial charge in [-0.05, 0) is 23.6 Å². The second-order valence-corrected chi connectivity index (χ2v) is 6.04. The van der Waals surface area contributed by atoms with Crippen LogP contribution in [-0.4, -0.2) is 25.0 Å². The van der Waals surface area contributed by atoms with Gasteiger partial charge < -0.3 is 0 Å². The summed E-state index contributed by atoms with van der Waals surface area (Å²) >= 11 is 3.22. The van der Waals surface area contributed by atoms with Gasteiger partial charge in [0.25, 0.3) is 0 Å². The average molecular weight is 311 g/mol. The molecule has 0 N–H and O–H groups in total. The zero-order valence-corrected chi connectivity index (χ0v) is 12.4. The Morgan fingerprint density at radius 1 is 0.952 bits per heavy atom. The Kier molecular flexibility index (Phi) is 3.06. The quantitative estimate of drug-likeness (QED) is 0.581. The van der Waals surface area contributed by atoms with Gasteiger partial charge in [0.1, 0.15) is 5.69 Å². The summed E-state index contributed by atoms with van der Waals surface area (Å²) in [5, 5.41) is 13.2. The molecule has 4 aromatic rings. The monoisotopic (exact) mass is 311 g/mol. The summed E-state index contributed by atoms with van der Waals surface area (Å²) < 4.78 is 1.69. The minimum atomic E-state index is 0.739. The third-order valence-electron chi connectivity index (χ3n) is 2.88. The van der Waals surface area contributed by atoms with Gasteiger partial charge in [-0.3, -0.25) is 4.98 Å². The summed E-state index contributed by atoms with van der Waals surface area (Å²) in [5.41, 5.74) is 2.52. The smallest absolute Gasteiger partial charge is 0.212 e. The van der Waals surface area contributed by atoms with Crippen LogP contribution in [0, 0.1) is 0 Å². The number of thiophene rings is 1. The summed E-state index contributed by atoms with van der Waals surface area (Å²) in [4.78, 5) is 10.0. The predicted octanol–water partition coefficient (Wildman–Crippen LogP) is 3.51. The van der Waals surface area contributed by atoms with Crippen molar-refractivity contribution in [2.45, 2.75) is 0 Å². The van der Waals surface area contributed by atoms with Crippen LogP contribution >= 0.6 is 22.7 Å². The van der Waals surface area contributed by atoms with Crippen LogP contribution in [0.3, 0.4) is 0 Å². The molecular formula is C14H9N5S2. The molecule has 0 aliphatic rings. The van der Waals surface area contributed by atoms with E-state index in [4.69, 9.17) is 0 Å². The van der Waals surface area contributed by atoms with Gasteiger partial charge in [0, 0.05) is 11.6 Å². The lowest BCUT2D eigenvalue weighted by atomic mass is 10.3. The maximum absolute atomic E-state index is 4.60. The van der Waals surface area contributed by atoms with Crippen molar-refractivity contribution < 1.29 is 0 Å². The first-order chi connectivity index (χ1) is 10.4. The van der Waals surface area contributed by atoms with Crippen LogP contribution in [0.25, 0.3) is 27.1 Å². The number of rotatable bonds is 3. The fourth-order valence-electron chi connectivity index (χ4n) is 1.90. The van der Waals surface area contributed by atoms with E-state index in [0.29, 0.717) is 0 Å². The normalized spacial score (nSPS) is 10.9. The van der Waals surface area contributed by atoms with E-state index in [0.717, 1.165) is 27.1 Å². The van der Waals surface area contributed by atoms with E-state index in [-0.39, 0.29) is 0 Å². The van der Waals surface area contributed by atoms with E-state index in [2.05, 4.69) is 26.3 Å². The van der Waals surface area contributed by atoms with Crippen LogP contribution in [-0.2, 0) is 0 Å². The molecular weight excluding hydrogens is 302 g/mol. The van der Waals surface area contributed by atoms with E-state index in [1.807, 2.05) is 41.2 Å². The Labute approximate surface area is 128 Å². The summed E-state index contributed by atoms with van der Waals surface area (Å²) in [5.74, 6) is 0. The number of pyridine rings is 1. The van der Waals surface area contributed by atoms with Crippen molar-refractivity contribution in [3.63, 3.8) is 0 Å². The average Bonchev–Trinajstić information content (AvgIpc) is 3.27. The largest absolute Gasteiger partial charge is 0.254 e. The molecule has 4 heterocycles. The van der Waals surface area contributed by atoms with Crippen LogP contribution in [0.4, 0.5) is 0 Å². The zero-order chi connectivity index (χ0) is 14.1. The molecule has 0 radical (unpaired) electrons. The highest BCUT2D eigenvalue weighted by atomic mass is 32.1. The molecule has 0 aliphatic carbocycles. The molecule has 102 valence electrons. The van der Waals surface area contributed by atoms with Crippen molar-refractivity contribution in [2.24, 2.45) is 0 Å². The number of nitrogens with zero attached hydrogens (tertiary/aromatic N) is 5. The Morgan fingerprint density at radius 3 is 2.76 bits per heavy atom. The summed E-state index contributed by atoms with van der Waals surface area (Å²) in [7, 11) is 0. The van der Waals surface area contributed by atoms with Gasteiger partial charge in [0.05, 0.1) is 22.5 Å². The van der Waals surface area contributed by atoms with Crippen LogP contribution in [0.1, 0.15) is 0 Å². The standard InChI is InChI=1S/C14H9N5S2/c1-2-6-15-10(4-1)11-8-19(18-17-11)14-16-12(9-21-14)13-5-3-7-20-13/h1-9H. The number of aromatic nitrogens is 5. The minimum Gasteiger partial charge on any atom is -0.254 e. The first-order valence-corrected chi connectivity index (χ1v) is 7.99. The van der Waals surface area contributed by atoms with Crippen molar-refractivity contribution in [1.82, 2.24) is 25.0 Å². The molecule has 4 aromatic heterocycles. The van der Waals surface area contributed by atoms with Crippen LogP contribution < -0.4 is 0 Å². The molecule has 0 saturated heterocycles. The number of thiazole rings is 1. The van der Waals surface area contributed by atoms with Gasteiger partial charge in [-0.25, -0.2) is 4.98 Å². The van der Waals surface area contributed by atoms with Crippen LogP contribution in [0.15, 0.2) is 53.5 Å². The Balaban J connectivity index is 1.67. The van der Waals surface area contributed by atoms with Gasteiger partial charge in [-0.15, -0.1) is 27.8 Å². The Morgan fingerprint density at radius 2 is 1.95 bits per heavy atom. The van der Waals surface area contributed by atoms with E-state index < -0.39 is 0 Å². The van der Waals surface area contributed by atoms with Crippen molar-refractivity contribution in [1.29, 1.82) is 0 Å². The molecule has 0 saturated carbocycles. The first-order valence-electron chi connectivity index (χ1n) is 6.24. The fourth-order valence-corrected chi connectivity index (χ4v) is 3.40. The third kappa shape index (κ3) is 2.37. The SMILES string of the molecule is c1ccc(-c2cn(-c3nc(-c4cccs4)cs3)nn2)nc1. The van der Waals surface area contributed by atoms with Crippen molar-refractivity contribution in [3.05, 3.63) is 53.5 Å². The molecule has 4 rings (SSSR count). The van der Waals surface area contributed by atoms with Gasteiger partial charge in [0.15, 0.2) is 0 Å². The Bertz CT molecular complexity index is 849. The fraction of sp³-hybridized carbons (Fsp3) is 0. The van der Waals surface area contributed by atoms with Crippen molar-refractivity contribution in [2.75, 3.05) is 0 Å². The third-order valence-corrected chi connectivity index (χ3v) is 4.61. The highest BCUT2D eigenvalue weighted by Crippen LogP contribution is 2.27. The van der Waals surface area contributed by atoms with Crippen molar-refractivity contribution in [3.8, 4) is 27.1 Å². The predicted molar refractivity (Wildman–Crippen MR) is 83.6 cm³/mol. The van der Waals surface area contributed by atoms with Gasteiger partial charge in [-0.1, -0.05) is 17.3 Å². The molecule has 0 bridgehead atoms. The second kappa shape index (κ2) is 5.19. The van der Waals surface area contributed by atoms with Gasteiger partial charge in [-0.2, -0.15) is 4.68 Å². The van der Waals surface area contributed by atoms with Gasteiger partial charge >= 0.3 is 0 Å². The van der Waals surface area contributed by atoms with Crippen LogP contribution in [0.2, 0.25) is 0 Å². The highest BCUT2D eigenvalue weighted by Gasteiger charge is 2.10. The molecule has 0 spiro atoms. The molecule has 0 aromatic carbocycles. The van der Waals surface area contributed by atoms with Gasteiger partial charge in [0.2, 0.25) is 5.13 Å². The van der Waals surface area contributed by atoms with Crippen molar-refractivity contribution >= 4 is 22.7 Å². The van der Waals surface area contributed by atoms with E-state index in [9.17, 15) is 0 Å². The maximum Gasteiger partial charge on any atom is 0.212 e. The maximum atomic E-state index is 4.60. The molecule has 5 nitrogen and oxygen atoms in total.